The van der Waals surface area contributed by atoms with Gasteiger partial charge in [-0.05, 0) is 31.0 Å². The number of benzene rings is 1. The second kappa shape index (κ2) is 7.40. The highest BCUT2D eigenvalue weighted by molar-refractivity contribution is 8.00. The van der Waals surface area contributed by atoms with Crippen LogP contribution in [0.2, 0.25) is 0 Å². The van der Waals surface area contributed by atoms with Crippen LogP contribution < -0.4 is 16.6 Å². The van der Waals surface area contributed by atoms with Gasteiger partial charge in [-0.15, -0.1) is 11.8 Å². The van der Waals surface area contributed by atoms with Gasteiger partial charge in [0, 0.05) is 30.9 Å². The predicted octanol–water partition coefficient (Wildman–Crippen LogP) is 1.98. The Bertz CT molecular complexity index is 1160. The third kappa shape index (κ3) is 3.52. The fourth-order valence-electron chi connectivity index (χ4n) is 2.82. The Morgan fingerprint density at radius 2 is 1.81 bits per heavy atom. The van der Waals surface area contributed by atoms with Gasteiger partial charge >= 0.3 is 5.69 Å². The zero-order valence-electron chi connectivity index (χ0n) is 15.6. The molecule has 140 valence electrons. The summed E-state index contributed by atoms with van der Waals surface area (Å²) in [6.07, 6.45) is 1.61. The lowest BCUT2D eigenvalue weighted by atomic mass is 10.2. The zero-order chi connectivity index (χ0) is 19.7. The summed E-state index contributed by atoms with van der Waals surface area (Å²) in [5, 5.41) is 3.24. The molecular weight excluding hydrogens is 364 g/mol. The molecule has 0 saturated heterocycles. The molecule has 2 heterocycles. The highest BCUT2D eigenvalue weighted by atomic mass is 32.2. The smallest absolute Gasteiger partial charge is 0.325 e. The van der Waals surface area contributed by atoms with E-state index in [9.17, 15) is 14.4 Å². The molecule has 3 aromatic rings. The number of thioether (sulfide) groups is 1. The molecule has 0 bridgehead atoms. The van der Waals surface area contributed by atoms with Crippen molar-refractivity contribution in [2.24, 2.45) is 14.1 Å². The van der Waals surface area contributed by atoms with Crippen LogP contribution in [0.15, 0.2) is 44.9 Å². The van der Waals surface area contributed by atoms with Crippen LogP contribution >= 0.6 is 11.8 Å². The molecule has 8 heteroatoms. The number of amides is 1. The minimum atomic E-state index is -0.433. The van der Waals surface area contributed by atoms with Gasteiger partial charge in [0.15, 0.2) is 0 Å². The molecule has 0 aliphatic carbocycles. The Balaban J connectivity index is 1.94. The number of fused-ring (bicyclic) bond motifs is 1. The summed E-state index contributed by atoms with van der Waals surface area (Å²) in [7, 11) is 3.01. The van der Waals surface area contributed by atoms with Crippen molar-refractivity contribution >= 4 is 34.4 Å². The number of para-hydroxylation sites is 1. The lowest BCUT2D eigenvalue weighted by Gasteiger charge is -2.13. The standard InChI is InChI=1S/C19H20N4O3S/c1-11-7-5-6-8-13(11)21-14(24)10-27-16-12(2)9-20-17-15(16)18(25)23(4)19(26)22(17)3/h5-9H,10H2,1-4H3,(H,21,24). The fourth-order valence-corrected chi connectivity index (χ4v) is 3.77. The van der Waals surface area contributed by atoms with E-state index in [1.807, 2.05) is 38.1 Å². The fraction of sp³-hybridized carbons (Fsp3) is 0.263. The van der Waals surface area contributed by atoms with Gasteiger partial charge in [-0.3, -0.25) is 18.7 Å². The molecule has 0 fully saturated rings. The number of nitrogens with zero attached hydrogens (tertiary/aromatic N) is 3. The van der Waals surface area contributed by atoms with Crippen molar-refractivity contribution in [1.29, 1.82) is 0 Å². The number of hydrogen-bond acceptors (Lipinski definition) is 5. The molecule has 1 N–H and O–H groups in total. The number of hydrogen-bond donors (Lipinski definition) is 1. The van der Waals surface area contributed by atoms with Crippen molar-refractivity contribution in [3.63, 3.8) is 0 Å². The molecule has 1 aromatic carbocycles. The molecule has 7 nitrogen and oxygen atoms in total. The topological polar surface area (TPSA) is 86.0 Å². The van der Waals surface area contributed by atoms with Gasteiger partial charge in [-0.25, -0.2) is 9.78 Å². The second-order valence-corrected chi connectivity index (χ2v) is 7.31. The van der Waals surface area contributed by atoms with Gasteiger partial charge in [0.25, 0.3) is 5.56 Å². The molecular formula is C19H20N4O3S. The quantitative estimate of drug-likeness (QED) is 0.695. The van der Waals surface area contributed by atoms with Gasteiger partial charge in [-0.2, -0.15) is 0 Å². The van der Waals surface area contributed by atoms with Crippen LogP contribution in [0, 0.1) is 13.8 Å². The Morgan fingerprint density at radius 3 is 2.52 bits per heavy atom. The van der Waals surface area contributed by atoms with E-state index in [0.29, 0.717) is 15.9 Å². The Hall–Kier alpha value is -2.87. The number of carbonyl (C=O) groups excluding carboxylic acids is 1. The van der Waals surface area contributed by atoms with E-state index >= 15 is 0 Å². The molecule has 0 unspecified atom stereocenters. The summed E-state index contributed by atoms with van der Waals surface area (Å²) in [6, 6.07) is 7.54. The SMILES string of the molecule is Cc1ccccc1NC(=O)CSc1c(C)cnc2c1c(=O)n(C)c(=O)n2C. The first-order valence-corrected chi connectivity index (χ1v) is 9.33. The molecule has 0 spiro atoms. The van der Waals surface area contributed by atoms with Crippen LogP contribution in [0.4, 0.5) is 5.69 Å². The van der Waals surface area contributed by atoms with Crippen molar-refractivity contribution in [2.75, 3.05) is 11.1 Å². The Morgan fingerprint density at radius 1 is 1.11 bits per heavy atom. The second-order valence-electron chi connectivity index (χ2n) is 6.33. The number of aromatic nitrogens is 3. The molecule has 27 heavy (non-hydrogen) atoms. The number of carbonyl (C=O) groups is 1. The van der Waals surface area contributed by atoms with Gasteiger partial charge in [0.05, 0.1) is 11.1 Å². The Kier molecular flexibility index (Phi) is 5.18. The highest BCUT2D eigenvalue weighted by Gasteiger charge is 2.17. The summed E-state index contributed by atoms with van der Waals surface area (Å²) in [5.74, 6) is -0.0272. The van der Waals surface area contributed by atoms with E-state index in [4.69, 9.17) is 0 Å². The minimum Gasteiger partial charge on any atom is -0.325 e. The first-order valence-electron chi connectivity index (χ1n) is 8.35. The van der Waals surface area contributed by atoms with E-state index in [1.54, 1.807) is 13.2 Å². The summed E-state index contributed by atoms with van der Waals surface area (Å²) in [4.78, 5) is 42.0. The monoisotopic (exact) mass is 384 g/mol. The van der Waals surface area contributed by atoms with Crippen LogP contribution in [-0.2, 0) is 18.9 Å². The number of pyridine rings is 1. The van der Waals surface area contributed by atoms with Gasteiger partial charge in [-0.1, -0.05) is 18.2 Å². The van der Waals surface area contributed by atoms with E-state index in [2.05, 4.69) is 10.3 Å². The molecule has 0 saturated carbocycles. The third-order valence-corrected chi connectivity index (χ3v) is 5.59. The van der Waals surface area contributed by atoms with Gasteiger partial charge in [0.1, 0.15) is 5.65 Å². The van der Waals surface area contributed by atoms with Crippen molar-refractivity contribution < 1.29 is 4.79 Å². The maximum Gasteiger partial charge on any atom is 0.332 e. The molecule has 0 aliphatic heterocycles. The number of nitrogens with one attached hydrogen (secondary N) is 1. The number of aryl methyl sites for hydroxylation is 3. The average molecular weight is 384 g/mol. The van der Waals surface area contributed by atoms with Crippen LogP contribution in [0.1, 0.15) is 11.1 Å². The van der Waals surface area contributed by atoms with E-state index < -0.39 is 11.2 Å². The number of rotatable bonds is 4. The first-order chi connectivity index (χ1) is 12.8. The lowest BCUT2D eigenvalue weighted by molar-refractivity contribution is -0.113. The zero-order valence-corrected chi connectivity index (χ0v) is 16.4. The van der Waals surface area contributed by atoms with Crippen LogP contribution in [0.25, 0.3) is 11.0 Å². The molecule has 0 radical (unpaired) electrons. The molecule has 0 atom stereocenters. The molecule has 2 aromatic heterocycles. The molecule has 3 rings (SSSR count). The van der Waals surface area contributed by atoms with E-state index in [1.165, 1.54) is 23.4 Å². The van der Waals surface area contributed by atoms with Crippen LogP contribution in [-0.4, -0.2) is 25.8 Å². The van der Waals surface area contributed by atoms with Crippen molar-refractivity contribution in [3.05, 3.63) is 62.4 Å². The molecule has 1 amide bonds. The predicted molar refractivity (Wildman–Crippen MR) is 107 cm³/mol. The van der Waals surface area contributed by atoms with E-state index in [-0.39, 0.29) is 11.7 Å². The highest BCUT2D eigenvalue weighted by Crippen LogP contribution is 2.27. The summed E-state index contributed by atoms with van der Waals surface area (Å²) in [6.45, 7) is 3.76. The van der Waals surface area contributed by atoms with Crippen LogP contribution in [0.3, 0.4) is 0 Å². The van der Waals surface area contributed by atoms with Crippen molar-refractivity contribution in [1.82, 2.24) is 14.1 Å². The van der Waals surface area contributed by atoms with Crippen LogP contribution in [0.5, 0.6) is 0 Å². The average Bonchev–Trinajstić information content (AvgIpc) is 2.65. The van der Waals surface area contributed by atoms with Gasteiger partial charge < -0.3 is 5.32 Å². The normalized spacial score (nSPS) is 11.0. The summed E-state index contributed by atoms with van der Waals surface area (Å²) >= 11 is 1.27. The third-order valence-electron chi connectivity index (χ3n) is 4.37. The number of anilines is 1. The maximum absolute atomic E-state index is 12.7. The van der Waals surface area contributed by atoms with Crippen molar-refractivity contribution in [2.45, 2.75) is 18.7 Å². The lowest BCUT2D eigenvalue weighted by Crippen LogP contribution is -2.37. The summed E-state index contributed by atoms with van der Waals surface area (Å²) < 4.78 is 2.40. The Labute approximate surface area is 160 Å². The first kappa shape index (κ1) is 18.9. The van der Waals surface area contributed by atoms with E-state index in [0.717, 1.165) is 21.4 Å². The molecule has 0 aliphatic rings. The van der Waals surface area contributed by atoms with Gasteiger partial charge in [0.2, 0.25) is 5.91 Å². The van der Waals surface area contributed by atoms with Crippen molar-refractivity contribution in [3.8, 4) is 0 Å². The summed E-state index contributed by atoms with van der Waals surface area (Å²) in [5.41, 5.74) is 1.99. The maximum atomic E-state index is 12.7. The largest absolute Gasteiger partial charge is 0.332 e. The minimum absolute atomic E-state index is 0.139.